The molecule has 1 atom stereocenters. The Morgan fingerprint density at radius 2 is 2.06 bits per heavy atom. The van der Waals surface area contributed by atoms with Gasteiger partial charge in [0.15, 0.2) is 0 Å². The number of nitrogens with one attached hydrogen (secondary N) is 1. The number of amides is 1. The minimum absolute atomic E-state index is 0.104. The van der Waals surface area contributed by atoms with E-state index in [-0.39, 0.29) is 12.3 Å². The molecular formula is C13H16N2O. The first-order valence-electron chi connectivity index (χ1n) is 5.44. The average molecular weight is 216 g/mol. The molecule has 1 amide bonds. The third-order valence-electron chi connectivity index (χ3n) is 2.62. The van der Waals surface area contributed by atoms with Gasteiger partial charge in [0.1, 0.15) is 6.42 Å². The van der Waals surface area contributed by atoms with Crippen molar-refractivity contribution in [3.63, 3.8) is 0 Å². The molecule has 0 aromatic heterocycles. The summed E-state index contributed by atoms with van der Waals surface area (Å²) in [6, 6.07) is 9.58. The Morgan fingerprint density at radius 1 is 1.44 bits per heavy atom. The zero-order valence-corrected chi connectivity index (χ0v) is 9.66. The van der Waals surface area contributed by atoms with Crippen LogP contribution < -0.4 is 5.32 Å². The Labute approximate surface area is 96.1 Å². The van der Waals surface area contributed by atoms with Gasteiger partial charge in [-0.3, -0.25) is 4.79 Å². The summed E-state index contributed by atoms with van der Waals surface area (Å²) in [5.41, 5.74) is 2.01. The quantitative estimate of drug-likeness (QED) is 0.841. The van der Waals surface area contributed by atoms with Gasteiger partial charge in [-0.05, 0) is 30.0 Å². The minimum Gasteiger partial charge on any atom is -0.325 e. The molecule has 3 nitrogen and oxygen atoms in total. The normalized spacial score (nSPS) is 11.6. The molecule has 1 rings (SSSR count). The van der Waals surface area contributed by atoms with Crippen LogP contribution in [0.4, 0.5) is 5.69 Å². The van der Waals surface area contributed by atoms with E-state index in [4.69, 9.17) is 5.26 Å². The first-order valence-corrected chi connectivity index (χ1v) is 5.44. The second kappa shape index (κ2) is 5.92. The fourth-order valence-electron chi connectivity index (χ4n) is 1.41. The lowest BCUT2D eigenvalue weighted by atomic mass is 9.99. The highest BCUT2D eigenvalue weighted by atomic mass is 16.1. The number of rotatable bonds is 4. The number of carbonyl (C=O) groups excluding carboxylic acids is 1. The van der Waals surface area contributed by atoms with Crippen LogP contribution in [0.25, 0.3) is 0 Å². The second-order valence-corrected chi connectivity index (χ2v) is 3.81. The maximum Gasteiger partial charge on any atom is 0.238 e. The van der Waals surface area contributed by atoms with Crippen LogP contribution in [-0.2, 0) is 4.79 Å². The standard InChI is InChI=1S/C13H16N2O/c1-3-10(2)11-4-6-12(7-5-11)15-13(16)8-9-14/h4-7,10H,3,8H2,1-2H3,(H,15,16). The van der Waals surface area contributed by atoms with Gasteiger partial charge in [-0.25, -0.2) is 0 Å². The smallest absolute Gasteiger partial charge is 0.238 e. The van der Waals surface area contributed by atoms with Crippen molar-refractivity contribution in [1.82, 2.24) is 0 Å². The van der Waals surface area contributed by atoms with E-state index in [0.29, 0.717) is 5.92 Å². The fourth-order valence-corrected chi connectivity index (χ4v) is 1.41. The SMILES string of the molecule is CCC(C)c1ccc(NC(=O)CC#N)cc1. The molecule has 0 fully saturated rings. The molecule has 0 aliphatic rings. The summed E-state index contributed by atoms with van der Waals surface area (Å²) >= 11 is 0. The Bertz CT molecular complexity index is 389. The Hall–Kier alpha value is -1.82. The Kier molecular flexibility index (Phi) is 4.53. The zero-order chi connectivity index (χ0) is 12.0. The first-order chi connectivity index (χ1) is 7.67. The summed E-state index contributed by atoms with van der Waals surface area (Å²) in [5, 5.41) is 11.0. The Morgan fingerprint density at radius 3 is 2.56 bits per heavy atom. The lowest BCUT2D eigenvalue weighted by Crippen LogP contribution is -2.09. The van der Waals surface area contributed by atoms with E-state index < -0.39 is 0 Å². The third-order valence-corrected chi connectivity index (χ3v) is 2.62. The summed E-state index contributed by atoms with van der Waals surface area (Å²) in [6.45, 7) is 4.32. The van der Waals surface area contributed by atoms with E-state index in [2.05, 4.69) is 19.2 Å². The molecule has 1 aromatic rings. The molecule has 3 heteroatoms. The number of anilines is 1. The molecule has 1 N–H and O–H groups in total. The highest BCUT2D eigenvalue weighted by Gasteiger charge is 2.04. The Balaban J connectivity index is 2.65. The molecule has 0 aliphatic carbocycles. The summed E-state index contributed by atoms with van der Waals surface area (Å²) in [4.78, 5) is 11.2. The van der Waals surface area contributed by atoms with Crippen molar-refractivity contribution in [3.8, 4) is 6.07 Å². The molecule has 0 heterocycles. The van der Waals surface area contributed by atoms with Crippen molar-refractivity contribution >= 4 is 11.6 Å². The maximum absolute atomic E-state index is 11.2. The van der Waals surface area contributed by atoms with E-state index >= 15 is 0 Å². The van der Waals surface area contributed by atoms with E-state index in [1.54, 1.807) is 0 Å². The number of carbonyl (C=O) groups is 1. The maximum atomic E-state index is 11.2. The number of hydrogen-bond acceptors (Lipinski definition) is 2. The van der Waals surface area contributed by atoms with Crippen LogP contribution in [0.2, 0.25) is 0 Å². The highest BCUT2D eigenvalue weighted by Crippen LogP contribution is 2.20. The molecule has 0 saturated heterocycles. The van der Waals surface area contributed by atoms with Gasteiger partial charge < -0.3 is 5.32 Å². The van der Waals surface area contributed by atoms with Crippen molar-refractivity contribution < 1.29 is 4.79 Å². The molecule has 1 unspecified atom stereocenters. The molecule has 0 spiro atoms. The van der Waals surface area contributed by atoms with Crippen molar-refractivity contribution in [2.24, 2.45) is 0 Å². The van der Waals surface area contributed by atoms with Gasteiger partial charge in [0.05, 0.1) is 6.07 Å². The van der Waals surface area contributed by atoms with E-state index in [0.717, 1.165) is 12.1 Å². The van der Waals surface area contributed by atoms with Crippen LogP contribution >= 0.6 is 0 Å². The molecule has 0 saturated carbocycles. The van der Waals surface area contributed by atoms with Crippen LogP contribution in [0.1, 0.15) is 38.2 Å². The van der Waals surface area contributed by atoms with Crippen LogP contribution in [-0.4, -0.2) is 5.91 Å². The van der Waals surface area contributed by atoms with Gasteiger partial charge in [-0.2, -0.15) is 5.26 Å². The number of nitrogens with zero attached hydrogens (tertiary/aromatic N) is 1. The molecule has 0 radical (unpaired) electrons. The van der Waals surface area contributed by atoms with Gasteiger partial charge in [-0.1, -0.05) is 26.0 Å². The largest absolute Gasteiger partial charge is 0.325 e. The number of benzene rings is 1. The van der Waals surface area contributed by atoms with E-state index in [1.165, 1.54) is 5.56 Å². The predicted molar refractivity (Wildman–Crippen MR) is 64.0 cm³/mol. The second-order valence-electron chi connectivity index (χ2n) is 3.81. The summed E-state index contributed by atoms with van der Waals surface area (Å²) in [7, 11) is 0. The monoisotopic (exact) mass is 216 g/mol. The van der Waals surface area contributed by atoms with Crippen molar-refractivity contribution in [2.45, 2.75) is 32.6 Å². The van der Waals surface area contributed by atoms with Crippen LogP contribution in [0.3, 0.4) is 0 Å². The van der Waals surface area contributed by atoms with Crippen LogP contribution in [0.5, 0.6) is 0 Å². The lowest BCUT2D eigenvalue weighted by Gasteiger charge is -2.09. The summed E-state index contributed by atoms with van der Waals surface area (Å²) < 4.78 is 0. The highest BCUT2D eigenvalue weighted by molar-refractivity contribution is 5.91. The third kappa shape index (κ3) is 3.39. The summed E-state index contributed by atoms with van der Waals surface area (Å²) in [6.07, 6.45) is 0.993. The lowest BCUT2D eigenvalue weighted by molar-refractivity contribution is -0.115. The molecule has 0 aliphatic heterocycles. The van der Waals surface area contributed by atoms with Crippen LogP contribution in [0.15, 0.2) is 24.3 Å². The molecule has 16 heavy (non-hydrogen) atoms. The van der Waals surface area contributed by atoms with Gasteiger partial charge in [-0.15, -0.1) is 0 Å². The number of nitriles is 1. The predicted octanol–water partition coefficient (Wildman–Crippen LogP) is 3.05. The van der Waals surface area contributed by atoms with Gasteiger partial charge in [0, 0.05) is 5.69 Å². The molecular weight excluding hydrogens is 200 g/mol. The van der Waals surface area contributed by atoms with E-state index in [1.807, 2.05) is 30.3 Å². The topological polar surface area (TPSA) is 52.9 Å². The molecule has 1 aromatic carbocycles. The fraction of sp³-hybridized carbons (Fsp3) is 0.385. The average Bonchev–Trinajstić information content (AvgIpc) is 2.29. The van der Waals surface area contributed by atoms with Crippen molar-refractivity contribution in [1.29, 1.82) is 5.26 Å². The minimum atomic E-state index is -0.265. The van der Waals surface area contributed by atoms with Crippen molar-refractivity contribution in [2.75, 3.05) is 5.32 Å². The summed E-state index contributed by atoms with van der Waals surface area (Å²) in [5.74, 6) is 0.266. The van der Waals surface area contributed by atoms with Gasteiger partial charge >= 0.3 is 0 Å². The van der Waals surface area contributed by atoms with Gasteiger partial charge in [0.25, 0.3) is 0 Å². The van der Waals surface area contributed by atoms with Crippen LogP contribution in [0, 0.1) is 11.3 Å². The molecule has 0 bridgehead atoms. The van der Waals surface area contributed by atoms with Crippen molar-refractivity contribution in [3.05, 3.63) is 29.8 Å². The van der Waals surface area contributed by atoms with E-state index in [9.17, 15) is 4.79 Å². The molecule has 84 valence electrons. The van der Waals surface area contributed by atoms with Gasteiger partial charge in [0.2, 0.25) is 5.91 Å². The zero-order valence-electron chi connectivity index (χ0n) is 9.66. The number of hydrogen-bond donors (Lipinski definition) is 1. The first kappa shape index (κ1) is 12.3.